The number of aromatic nitrogens is 1. The van der Waals surface area contributed by atoms with Crippen molar-refractivity contribution in [3.05, 3.63) is 65.5 Å². The monoisotopic (exact) mass is 452 g/mol. The van der Waals surface area contributed by atoms with Gasteiger partial charge < -0.3 is 14.5 Å². The first-order valence-corrected chi connectivity index (χ1v) is 12.7. The third-order valence-electron chi connectivity index (χ3n) is 6.65. The van der Waals surface area contributed by atoms with Gasteiger partial charge in [0.05, 0.1) is 5.69 Å². The highest BCUT2D eigenvalue weighted by Crippen LogP contribution is 2.19. The van der Waals surface area contributed by atoms with Crippen molar-refractivity contribution >= 4 is 0 Å². The Balaban J connectivity index is 1.52. The van der Waals surface area contributed by atoms with Crippen LogP contribution in [0, 0.1) is 5.92 Å². The quantitative estimate of drug-likeness (QED) is 0.651. The lowest BCUT2D eigenvalue weighted by atomic mass is 9.92. The van der Waals surface area contributed by atoms with Crippen LogP contribution in [0.15, 0.2) is 48.7 Å². The molecule has 1 aromatic heterocycles. The fourth-order valence-electron chi connectivity index (χ4n) is 4.60. The van der Waals surface area contributed by atoms with Gasteiger partial charge in [-0.25, -0.2) is 0 Å². The molecule has 3 rings (SSSR count). The normalized spacial score (nSPS) is 18.9. The van der Waals surface area contributed by atoms with Gasteiger partial charge in [0.1, 0.15) is 0 Å². The Morgan fingerprint density at radius 2 is 1.48 bits per heavy atom. The van der Waals surface area contributed by atoms with Crippen LogP contribution in [0.1, 0.15) is 42.5 Å². The minimum absolute atomic E-state index is 0.728. The number of nitrogens with zero attached hydrogens (tertiary/aromatic N) is 4. The van der Waals surface area contributed by atoms with Crippen LogP contribution in [0.3, 0.4) is 0 Å². The van der Waals surface area contributed by atoms with Crippen LogP contribution >= 0.6 is 0 Å². The van der Waals surface area contributed by atoms with Crippen LogP contribution in [0.5, 0.6) is 0 Å². The average molecular weight is 453 g/mol. The fourth-order valence-corrected chi connectivity index (χ4v) is 4.60. The van der Waals surface area contributed by atoms with Crippen LogP contribution in [0.25, 0.3) is 0 Å². The summed E-state index contributed by atoms with van der Waals surface area (Å²) in [6.07, 6.45) is 7.84. The Labute approximate surface area is 201 Å². The molecule has 2 aromatic rings. The molecule has 1 aliphatic heterocycles. The number of rotatable bonds is 6. The minimum atomic E-state index is 0.728. The molecule has 0 amide bonds. The molecule has 33 heavy (non-hydrogen) atoms. The molecule has 0 unspecified atom stereocenters. The van der Waals surface area contributed by atoms with Gasteiger partial charge in [0, 0.05) is 45.6 Å². The molecule has 182 valence electrons. The van der Waals surface area contributed by atoms with Crippen molar-refractivity contribution in [1.82, 2.24) is 19.7 Å². The van der Waals surface area contributed by atoms with Gasteiger partial charge in [0.25, 0.3) is 0 Å². The maximum absolute atomic E-state index is 5.78. The maximum Gasteiger partial charge on any atom is 0.0543 e. The molecule has 0 saturated carbocycles. The van der Waals surface area contributed by atoms with E-state index in [1.807, 2.05) is 12.3 Å². The van der Waals surface area contributed by atoms with Crippen molar-refractivity contribution in [3.63, 3.8) is 0 Å². The fraction of sp³-hybridized carbons (Fsp3) is 0.607. The summed E-state index contributed by atoms with van der Waals surface area (Å²) in [6.45, 7) is 8.20. The highest BCUT2D eigenvalue weighted by Gasteiger charge is 2.14. The van der Waals surface area contributed by atoms with Crippen molar-refractivity contribution < 1.29 is 4.74 Å². The van der Waals surface area contributed by atoms with Crippen molar-refractivity contribution in [1.29, 1.82) is 0 Å². The molecule has 1 fully saturated rings. The molecule has 1 aromatic carbocycles. The van der Waals surface area contributed by atoms with E-state index in [1.165, 1.54) is 43.5 Å². The van der Waals surface area contributed by atoms with Gasteiger partial charge in [0.15, 0.2) is 0 Å². The second-order valence-corrected chi connectivity index (χ2v) is 9.88. The number of benzene rings is 1. The first kappa shape index (κ1) is 25.8. The number of pyridine rings is 1. The van der Waals surface area contributed by atoms with Crippen molar-refractivity contribution in [2.45, 2.75) is 45.2 Å². The van der Waals surface area contributed by atoms with Crippen LogP contribution in [-0.4, -0.2) is 80.2 Å². The zero-order valence-electron chi connectivity index (χ0n) is 21.1. The second-order valence-electron chi connectivity index (χ2n) is 9.88. The highest BCUT2D eigenvalue weighted by atomic mass is 16.5. The Morgan fingerprint density at radius 1 is 0.848 bits per heavy atom. The van der Waals surface area contributed by atoms with E-state index in [1.54, 1.807) is 0 Å². The van der Waals surface area contributed by atoms with Crippen molar-refractivity contribution in [3.8, 4) is 0 Å². The van der Waals surface area contributed by atoms with Gasteiger partial charge in [0.2, 0.25) is 0 Å². The number of ether oxygens (including phenoxy) is 1. The maximum atomic E-state index is 5.78. The van der Waals surface area contributed by atoms with Gasteiger partial charge in [-0.1, -0.05) is 30.3 Å². The zero-order chi connectivity index (χ0) is 23.3. The molecular formula is C28H44N4O. The Hall–Kier alpha value is -1.79. The third-order valence-corrected chi connectivity index (χ3v) is 6.65. The van der Waals surface area contributed by atoms with E-state index >= 15 is 0 Å². The van der Waals surface area contributed by atoms with Gasteiger partial charge in [-0.15, -0.1) is 0 Å². The number of hydrogen-bond donors (Lipinski definition) is 0. The Morgan fingerprint density at radius 3 is 2.09 bits per heavy atom. The van der Waals surface area contributed by atoms with Crippen LogP contribution in [-0.2, 0) is 24.2 Å². The number of hydrogen-bond acceptors (Lipinski definition) is 5. The van der Waals surface area contributed by atoms with Gasteiger partial charge in [-0.05, 0) is 95.5 Å². The summed E-state index contributed by atoms with van der Waals surface area (Å²) in [7, 11) is 6.67. The molecule has 0 spiro atoms. The molecule has 2 heterocycles. The standard InChI is InChI=1S/C28H44N4O/c1-30-16-6-20-33-21-7-17-31(2)19-14-26(13-18-30)22-25-9-11-27(12-10-25)23-32(3)24-28-8-4-5-15-29-28/h4-5,8-12,15,26H,6-7,13-14,16-24H2,1-3H3. The van der Waals surface area contributed by atoms with Crippen molar-refractivity contribution in [2.24, 2.45) is 5.92 Å². The Bertz CT molecular complexity index is 749. The second kappa shape index (κ2) is 14.5. The first-order chi connectivity index (χ1) is 16.1. The van der Waals surface area contributed by atoms with E-state index in [0.29, 0.717) is 0 Å². The van der Waals surface area contributed by atoms with Gasteiger partial charge >= 0.3 is 0 Å². The van der Waals surface area contributed by atoms with E-state index in [4.69, 9.17) is 4.74 Å². The topological polar surface area (TPSA) is 31.8 Å². The first-order valence-electron chi connectivity index (χ1n) is 12.7. The minimum Gasteiger partial charge on any atom is -0.381 e. The molecule has 5 nitrogen and oxygen atoms in total. The largest absolute Gasteiger partial charge is 0.381 e. The summed E-state index contributed by atoms with van der Waals surface area (Å²) >= 11 is 0. The van der Waals surface area contributed by atoms with Crippen molar-refractivity contribution in [2.75, 3.05) is 60.5 Å². The molecule has 0 atom stereocenters. The van der Waals surface area contributed by atoms with E-state index in [-0.39, 0.29) is 0 Å². The summed E-state index contributed by atoms with van der Waals surface area (Å²) in [4.78, 5) is 11.7. The molecule has 1 aliphatic rings. The van der Waals surface area contributed by atoms with E-state index in [9.17, 15) is 0 Å². The van der Waals surface area contributed by atoms with Crippen LogP contribution in [0.4, 0.5) is 0 Å². The summed E-state index contributed by atoms with van der Waals surface area (Å²) in [5, 5.41) is 0. The predicted molar refractivity (Wildman–Crippen MR) is 137 cm³/mol. The van der Waals surface area contributed by atoms with Gasteiger partial charge in [-0.2, -0.15) is 0 Å². The summed E-state index contributed by atoms with van der Waals surface area (Å²) in [6, 6.07) is 15.4. The molecular weight excluding hydrogens is 408 g/mol. The zero-order valence-corrected chi connectivity index (χ0v) is 21.1. The Kier molecular flexibility index (Phi) is 11.3. The van der Waals surface area contributed by atoms with E-state index in [2.05, 4.69) is 77.2 Å². The van der Waals surface area contributed by atoms with Crippen LogP contribution < -0.4 is 0 Å². The molecule has 0 radical (unpaired) electrons. The summed E-state index contributed by atoms with van der Waals surface area (Å²) in [5.41, 5.74) is 3.95. The molecule has 0 bridgehead atoms. The molecule has 5 heteroatoms. The average Bonchev–Trinajstić information content (AvgIpc) is 2.81. The molecule has 0 N–H and O–H groups in total. The third kappa shape index (κ3) is 10.3. The molecule has 1 saturated heterocycles. The lowest BCUT2D eigenvalue weighted by Gasteiger charge is -2.25. The smallest absolute Gasteiger partial charge is 0.0543 e. The summed E-state index contributed by atoms with van der Waals surface area (Å²) in [5.74, 6) is 0.728. The summed E-state index contributed by atoms with van der Waals surface area (Å²) < 4.78 is 5.78. The highest BCUT2D eigenvalue weighted by molar-refractivity contribution is 5.23. The SMILES string of the molecule is CN1CCCOCCCN(C)CCC(Cc2ccc(CN(C)Cc3ccccn3)cc2)CC1. The van der Waals surface area contributed by atoms with Crippen LogP contribution in [0.2, 0.25) is 0 Å². The van der Waals surface area contributed by atoms with E-state index in [0.717, 1.165) is 63.8 Å². The molecule has 0 aliphatic carbocycles. The lowest BCUT2D eigenvalue weighted by Crippen LogP contribution is -2.28. The van der Waals surface area contributed by atoms with Gasteiger partial charge in [-0.3, -0.25) is 9.88 Å². The van der Waals surface area contributed by atoms with E-state index < -0.39 is 0 Å². The predicted octanol–water partition coefficient (Wildman–Crippen LogP) is 4.33. The lowest BCUT2D eigenvalue weighted by molar-refractivity contribution is 0.111.